The van der Waals surface area contributed by atoms with Gasteiger partial charge in [0.25, 0.3) is 0 Å². The summed E-state index contributed by atoms with van der Waals surface area (Å²) in [6.45, 7) is 0. The summed E-state index contributed by atoms with van der Waals surface area (Å²) in [5, 5.41) is 0. The quantitative estimate of drug-likeness (QED) is 0.704. The minimum absolute atomic E-state index is 0. The van der Waals surface area contributed by atoms with Gasteiger partial charge in [-0.2, -0.15) is 18.3 Å². The number of aromatic nitrogens is 1. The molecule has 0 radical (unpaired) electrons. The molecule has 0 aliphatic rings. The fraction of sp³-hybridized carbons (Fsp3) is 0. The number of H-pyrrole nitrogens is 1. The van der Waals surface area contributed by atoms with Gasteiger partial charge in [0.2, 0.25) is 0 Å². The van der Waals surface area contributed by atoms with E-state index < -0.39 is 16.5 Å². The molecular weight excluding hydrogens is 320 g/mol. The third kappa shape index (κ3) is 12.3. The second-order valence-electron chi connectivity index (χ2n) is 1.05. The third-order valence-corrected chi connectivity index (χ3v) is 1.03. The summed E-state index contributed by atoms with van der Waals surface area (Å²) >= 11 is -1.18. The van der Waals surface area contributed by atoms with Gasteiger partial charge in [0.1, 0.15) is 0 Å². The number of hydrogen-bond donors (Lipinski definition) is 1. The second-order valence-corrected chi connectivity index (χ2v) is 2.72. The van der Waals surface area contributed by atoms with E-state index in [1.165, 1.54) is 8.87 Å². The summed E-state index contributed by atoms with van der Waals surface area (Å²) in [5.74, 6) is 0. The first-order valence-corrected chi connectivity index (χ1v) is 4.80. The van der Waals surface area contributed by atoms with Crippen LogP contribution in [0.1, 0.15) is 0 Å². The molecule has 0 unspecified atom stereocenters. The van der Waals surface area contributed by atoms with Crippen LogP contribution >= 0.6 is 0 Å². The monoisotopic (exact) mass is 329 g/mol. The van der Waals surface area contributed by atoms with Crippen LogP contribution in [0.3, 0.4) is 0 Å². The molecule has 1 aromatic heterocycles. The van der Waals surface area contributed by atoms with Gasteiger partial charge in [0.15, 0.2) is 0 Å². The maximum atomic E-state index is 9.08. The first-order valence-electron chi connectivity index (χ1n) is 2.26. The van der Waals surface area contributed by atoms with E-state index in [4.69, 9.17) is 9.59 Å². The van der Waals surface area contributed by atoms with Crippen molar-refractivity contribution in [2.75, 3.05) is 0 Å². The SMILES string of the molecule is O=[C]=[Os+2]=[C]=O.[CH3-].[c-]1ccc[nH]1. The van der Waals surface area contributed by atoms with Crippen molar-refractivity contribution in [3.05, 3.63) is 32.0 Å². The normalized spacial score (nSPS) is 5.45. The zero-order valence-corrected chi connectivity index (χ0v) is 8.44. The molecule has 0 atom stereocenters. The Balaban J connectivity index is 0. The summed E-state index contributed by atoms with van der Waals surface area (Å²) in [7, 11) is 0. The number of carbonyl (C=O) groups excluding carboxylic acids is 2. The van der Waals surface area contributed by atoms with Gasteiger partial charge in [-0.25, -0.2) is 0 Å². The zero-order valence-electron chi connectivity index (χ0n) is 5.90. The molecule has 60 valence electrons. The van der Waals surface area contributed by atoms with Crippen LogP contribution in [0.2, 0.25) is 0 Å². The molecule has 3 nitrogen and oxygen atoms in total. The minimum atomic E-state index is -1.18. The van der Waals surface area contributed by atoms with Crippen molar-refractivity contribution in [3.63, 3.8) is 0 Å². The molecule has 1 heterocycles. The van der Waals surface area contributed by atoms with Crippen LogP contribution < -0.4 is 0 Å². The zero-order chi connectivity index (χ0) is 7.66. The Morgan fingerprint density at radius 1 is 1.36 bits per heavy atom. The Bertz CT molecular complexity index is 223. The smallest absolute Gasteiger partial charge is 0.108 e. The largest absolute Gasteiger partial charge is 0.484 e. The molecule has 0 aromatic carbocycles. The van der Waals surface area contributed by atoms with E-state index in [0.717, 1.165) is 0 Å². The van der Waals surface area contributed by atoms with Gasteiger partial charge in [0, 0.05) is 0 Å². The van der Waals surface area contributed by atoms with E-state index in [1.54, 1.807) is 0 Å². The maximum Gasteiger partial charge on any atom is -0.108 e. The predicted octanol–water partition coefficient (Wildman–Crippen LogP) is 0.468. The van der Waals surface area contributed by atoms with Crippen molar-refractivity contribution >= 4 is 8.87 Å². The summed E-state index contributed by atoms with van der Waals surface area (Å²) < 4.78 is 2.97. The van der Waals surface area contributed by atoms with Gasteiger partial charge in [0.05, 0.1) is 0 Å². The molecule has 0 bridgehead atoms. The molecule has 1 rings (SSSR count). The van der Waals surface area contributed by atoms with Crippen LogP contribution in [0.25, 0.3) is 0 Å². The van der Waals surface area contributed by atoms with Gasteiger partial charge in [-0.3, -0.25) is 0 Å². The molecule has 0 saturated heterocycles. The van der Waals surface area contributed by atoms with Crippen LogP contribution in [-0.4, -0.2) is 13.9 Å². The topological polar surface area (TPSA) is 49.9 Å². The molecular formula is C7H7NO2Os. The standard InChI is InChI=1S/C4H4N.2CO.CH3.Os/c1-2-4-5-3-1;2*1-2;;/h1-3,5H;;;1H3;/q-1;;;-1;+2. The van der Waals surface area contributed by atoms with Gasteiger partial charge in [-0.1, -0.05) is 0 Å². The second kappa shape index (κ2) is 11.8. The van der Waals surface area contributed by atoms with Crippen molar-refractivity contribution in [2.45, 2.75) is 0 Å². The molecule has 4 heteroatoms. The van der Waals surface area contributed by atoms with Gasteiger partial charge >= 0.3 is 35.0 Å². The Morgan fingerprint density at radius 3 is 2.09 bits per heavy atom. The maximum absolute atomic E-state index is 9.08. The van der Waals surface area contributed by atoms with E-state index in [0.29, 0.717) is 0 Å². The summed E-state index contributed by atoms with van der Waals surface area (Å²) in [4.78, 5) is 20.9. The van der Waals surface area contributed by atoms with Crippen LogP contribution in [0, 0.1) is 13.6 Å². The van der Waals surface area contributed by atoms with E-state index in [-0.39, 0.29) is 7.43 Å². The average Bonchev–Trinajstić information content (AvgIpc) is 2.44. The van der Waals surface area contributed by atoms with Gasteiger partial charge < -0.3 is 12.4 Å². The molecule has 11 heavy (non-hydrogen) atoms. The third-order valence-electron chi connectivity index (χ3n) is 0.515. The number of nitrogens with one attached hydrogen (secondary N) is 1. The minimum Gasteiger partial charge on any atom is -0.484 e. The van der Waals surface area contributed by atoms with Crippen molar-refractivity contribution < 1.29 is 26.1 Å². The number of hydrogen-bond acceptors (Lipinski definition) is 2. The van der Waals surface area contributed by atoms with Crippen molar-refractivity contribution in [1.82, 2.24) is 4.98 Å². The molecule has 1 aromatic rings. The summed E-state index contributed by atoms with van der Waals surface area (Å²) in [6.07, 6.45) is 4.56. The van der Waals surface area contributed by atoms with E-state index in [2.05, 4.69) is 11.2 Å². The molecule has 0 fully saturated rings. The van der Waals surface area contributed by atoms with Crippen LogP contribution in [0.4, 0.5) is 0 Å². The number of aromatic amines is 1. The fourth-order valence-electron chi connectivity index (χ4n) is 0.255. The summed E-state index contributed by atoms with van der Waals surface area (Å²) in [5.41, 5.74) is 0. The van der Waals surface area contributed by atoms with Crippen molar-refractivity contribution in [1.29, 1.82) is 0 Å². The number of rotatable bonds is 0. The molecule has 0 aliphatic heterocycles. The van der Waals surface area contributed by atoms with Crippen molar-refractivity contribution in [2.24, 2.45) is 0 Å². The summed E-state index contributed by atoms with van der Waals surface area (Å²) in [6, 6.07) is 3.71. The Labute approximate surface area is 72.3 Å². The first-order chi connectivity index (χ1) is 4.91. The van der Waals surface area contributed by atoms with Gasteiger partial charge in [-0.05, 0) is 0 Å². The molecule has 0 amide bonds. The van der Waals surface area contributed by atoms with Crippen molar-refractivity contribution in [3.8, 4) is 0 Å². The van der Waals surface area contributed by atoms with E-state index in [1.807, 2.05) is 18.3 Å². The van der Waals surface area contributed by atoms with Crippen LogP contribution in [0.5, 0.6) is 0 Å². The fourth-order valence-corrected chi connectivity index (χ4v) is 0.361. The average molecular weight is 327 g/mol. The van der Waals surface area contributed by atoms with E-state index >= 15 is 0 Å². The first kappa shape index (κ1) is 12.7. The molecule has 1 N–H and O–H groups in total. The molecule has 0 saturated carbocycles. The Hall–Kier alpha value is -0.924. The Morgan fingerprint density at radius 2 is 2.00 bits per heavy atom. The predicted molar refractivity (Wildman–Crippen MR) is 37.4 cm³/mol. The van der Waals surface area contributed by atoms with Gasteiger partial charge in [-0.15, -0.1) is 6.20 Å². The molecule has 0 aliphatic carbocycles. The van der Waals surface area contributed by atoms with E-state index in [9.17, 15) is 0 Å². The van der Waals surface area contributed by atoms with Crippen LogP contribution in [-0.2, 0) is 26.1 Å². The molecule has 0 spiro atoms. The Kier molecular flexibility index (Phi) is 13.7. The van der Waals surface area contributed by atoms with Crippen LogP contribution in [0.15, 0.2) is 18.3 Å².